The molecule has 0 saturated carbocycles. The zero-order valence-corrected chi connectivity index (χ0v) is 19.1. The van der Waals surface area contributed by atoms with Crippen LogP contribution < -0.4 is 5.32 Å². The summed E-state index contributed by atoms with van der Waals surface area (Å²) >= 11 is 3.51. The van der Waals surface area contributed by atoms with Crippen molar-refractivity contribution in [1.29, 1.82) is 0 Å². The van der Waals surface area contributed by atoms with E-state index in [4.69, 9.17) is 9.15 Å². The molecule has 1 aromatic carbocycles. The number of hydrogen-bond acceptors (Lipinski definition) is 6. The molecular weight excluding hydrogens is 462 g/mol. The van der Waals surface area contributed by atoms with E-state index in [1.54, 1.807) is 24.2 Å². The van der Waals surface area contributed by atoms with E-state index in [-0.39, 0.29) is 17.8 Å². The molecule has 4 rings (SSSR count). The topological polar surface area (TPSA) is 84.7 Å². The van der Waals surface area contributed by atoms with E-state index < -0.39 is 0 Å². The number of carbonyl (C=O) groups is 2. The number of rotatable bonds is 5. The molecule has 0 spiro atoms. The molecule has 2 aromatic heterocycles. The number of ether oxygens (including phenoxy) is 1. The van der Waals surface area contributed by atoms with Crippen LogP contribution in [0, 0.1) is 12.8 Å². The first-order chi connectivity index (χ1) is 15.0. The Morgan fingerprint density at radius 3 is 2.74 bits per heavy atom. The number of amides is 1. The second kappa shape index (κ2) is 9.09. The van der Waals surface area contributed by atoms with Gasteiger partial charge in [-0.25, -0.2) is 4.98 Å². The number of furan rings is 1. The first kappa shape index (κ1) is 21.4. The number of fused-ring (bicyclic) bond motifs is 1. The minimum Gasteiger partial charge on any atom is -0.466 e. The first-order valence-electron chi connectivity index (χ1n) is 10.3. The average Bonchev–Trinajstić information content (AvgIpc) is 3.25. The molecule has 0 aliphatic carbocycles. The molecule has 0 unspecified atom stereocenters. The third-order valence-electron chi connectivity index (χ3n) is 5.49. The predicted octanol–water partition coefficient (Wildman–Crippen LogP) is 5.06. The van der Waals surface area contributed by atoms with Crippen molar-refractivity contribution in [1.82, 2.24) is 9.88 Å². The maximum absolute atomic E-state index is 13.1. The highest BCUT2D eigenvalue weighted by molar-refractivity contribution is 9.10. The highest BCUT2D eigenvalue weighted by atomic mass is 79.9. The van der Waals surface area contributed by atoms with E-state index in [0.717, 1.165) is 21.1 Å². The summed E-state index contributed by atoms with van der Waals surface area (Å²) < 4.78 is 11.7. The molecule has 1 aliphatic rings. The number of nitrogens with one attached hydrogen (secondary N) is 1. The second-order valence-electron chi connectivity index (χ2n) is 7.60. The molecule has 3 aromatic rings. The Hall–Kier alpha value is -2.87. The summed E-state index contributed by atoms with van der Waals surface area (Å²) in [5.74, 6) is 0.0665. The van der Waals surface area contributed by atoms with Crippen molar-refractivity contribution in [3.8, 4) is 0 Å². The molecule has 3 heterocycles. The summed E-state index contributed by atoms with van der Waals surface area (Å²) in [7, 11) is 0. The maximum atomic E-state index is 13.1. The Labute approximate surface area is 188 Å². The summed E-state index contributed by atoms with van der Waals surface area (Å²) in [6.07, 6.45) is 2.77. The minimum atomic E-state index is -0.180. The lowest BCUT2D eigenvalue weighted by Gasteiger charge is -2.30. The zero-order valence-electron chi connectivity index (χ0n) is 17.5. The monoisotopic (exact) mass is 485 g/mol. The smallest absolute Gasteiger partial charge is 0.309 e. The summed E-state index contributed by atoms with van der Waals surface area (Å²) in [6, 6.07) is 9.42. The fraction of sp³-hybridized carbons (Fsp3) is 0.348. The van der Waals surface area contributed by atoms with Crippen LogP contribution in [0.3, 0.4) is 0 Å². The van der Waals surface area contributed by atoms with Gasteiger partial charge >= 0.3 is 5.97 Å². The van der Waals surface area contributed by atoms with Crippen LogP contribution >= 0.6 is 15.9 Å². The highest BCUT2D eigenvalue weighted by Gasteiger charge is 2.29. The molecule has 31 heavy (non-hydrogen) atoms. The number of carbonyl (C=O) groups excluding carboxylic acids is 2. The fourth-order valence-electron chi connectivity index (χ4n) is 3.77. The van der Waals surface area contributed by atoms with E-state index in [1.165, 1.54) is 0 Å². The molecule has 0 bridgehead atoms. The molecule has 1 saturated heterocycles. The quantitative estimate of drug-likeness (QED) is 0.508. The molecule has 0 radical (unpaired) electrons. The summed E-state index contributed by atoms with van der Waals surface area (Å²) in [5, 5.41) is 4.12. The van der Waals surface area contributed by atoms with Crippen LogP contribution in [-0.2, 0) is 9.53 Å². The van der Waals surface area contributed by atoms with Gasteiger partial charge in [0.15, 0.2) is 0 Å². The van der Waals surface area contributed by atoms with Crippen molar-refractivity contribution < 1.29 is 18.7 Å². The molecule has 7 nitrogen and oxygen atoms in total. The third-order valence-corrected chi connectivity index (χ3v) is 6.38. The van der Waals surface area contributed by atoms with Gasteiger partial charge in [-0.3, -0.25) is 9.59 Å². The third kappa shape index (κ3) is 4.58. The second-order valence-corrected chi connectivity index (χ2v) is 8.45. The zero-order chi connectivity index (χ0) is 22.0. The summed E-state index contributed by atoms with van der Waals surface area (Å²) in [4.78, 5) is 31.5. The number of aryl methyl sites for hydroxylation is 1. The van der Waals surface area contributed by atoms with E-state index in [9.17, 15) is 9.59 Å². The average molecular weight is 486 g/mol. The lowest BCUT2D eigenvalue weighted by molar-refractivity contribution is -0.149. The lowest BCUT2D eigenvalue weighted by Crippen LogP contribution is -2.41. The van der Waals surface area contributed by atoms with Gasteiger partial charge in [-0.1, -0.05) is 15.9 Å². The Balaban J connectivity index is 1.55. The van der Waals surface area contributed by atoms with Crippen molar-refractivity contribution in [3.05, 3.63) is 52.3 Å². The summed E-state index contributed by atoms with van der Waals surface area (Å²) in [5.41, 5.74) is 2.87. The minimum absolute atomic E-state index is 0.151. The number of halogens is 1. The number of pyridine rings is 1. The number of esters is 1. The molecule has 8 heteroatoms. The Morgan fingerprint density at radius 2 is 2.03 bits per heavy atom. The summed E-state index contributed by atoms with van der Waals surface area (Å²) in [6.45, 7) is 5.17. The van der Waals surface area contributed by atoms with Crippen LogP contribution in [0.5, 0.6) is 0 Å². The maximum Gasteiger partial charge on any atom is 0.309 e. The van der Waals surface area contributed by atoms with Gasteiger partial charge in [-0.05, 0) is 56.5 Å². The number of hydrogen-bond donors (Lipinski definition) is 1. The number of nitrogens with zero attached hydrogens (tertiary/aromatic N) is 2. The van der Waals surface area contributed by atoms with Crippen LogP contribution in [0.25, 0.3) is 11.0 Å². The molecule has 1 fully saturated rings. The normalized spacial score (nSPS) is 14.6. The predicted molar refractivity (Wildman–Crippen MR) is 121 cm³/mol. The van der Waals surface area contributed by atoms with Crippen LogP contribution in [0.15, 0.2) is 45.5 Å². The van der Waals surface area contributed by atoms with Crippen LogP contribution in [0.1, 0.15) is 35.8 Å². The highest BCUT2D eigenvalue weighted by Crippen LogP contribution is 2.29. The largest absolute Gasteiger partial charge is 0.466 e. The van der Waals surface area contributed by atoms with E-state index in [1.807, 2.05) is 31.2 Å². The van der Waals surface area contributed by atoms with Gasteiger partial charge in [0.25, 0.3) is 5.91 Å². The Kier molecular flexibility index (Phi) is 6.27. The van der Waals surface area contributed by atoms with E-state index >= 15 is 0 Å². The molecule has 0 atom stereocenters. The van der Waals surface area contributed by atoms with Gasteiger partial charge < -0.3 is 19.4 Å². The van der Waals surface area contributed by atoms with Gasteiger partial charge in [0.2, 0.25) is 0 Å². The first-order valence-corrected chi connectivity index (χ1v) is 11.1. The number of aromatic nitrogens is 1. The van der Waals surface area contributed by atoms with Crippen molar-refractivity contribution in [2.24, 2.45) is 5.92 Å². The number of anilines is 2. The Bertz CT molecular complexity index is 1120. The van der Waals surface area contributed by atoms with Crippen molar-refractivity contribution in [2.45, 2.75) is 26.7 Å². The van der Waals surface area contributed by atoms with E-state index in [2.05, 4.69) is 26.2 Å². The fourth-order valence-corrected chi connectivity index (χ4v) is 4.02. The standard InChI is InChI=1S/C23H24BrN3O4/c1-3-30-23(29)15-6-9-27(10-7-15)22(28)19-13-20-17(8-11-31-20)21(26-19)25-16-4-5-18(24)14(2)12-16/h4-5,8,11-13,15H,3,6-7,9-10H2,1-2H3,(H,25,26). The number of piperidine rings is 1. The van der Waals surface area contributed by atoms with Crippen LogP contribution in [0.4, 0.5) is 11.5 Å². The van der Waals surface area contributed by atoms with E-state index in [0.29, 0.717) is 49.6 Å². The van der Waals surface area contributed by atoms with Gasteiger partial charge in [0, 0.05) is 29.3 Å². The molecule has 1 amide bonds. The van der Waals surface area contributed by atoms with Crippen molar-refractivity contribution >= 4 is 50.3 Å². The van der Waals surface area contributed by atoms with Crippen molar-refractivity contribution in [3.63, 3.8) is 0 Å². The SMILES string of the molecule is CCOC(=O)C1CCN(C(=O)c2cc3occc3c(Nc3ccc(Br)c(C)c3)n2)CC1. The van der Waals surface area contributed by atoms with Gasteiger partial charge in [-0.2, -0.15) is 0 Å². The molecule has 162 valence electrons. The van der Waals surface area contributed by atoms with Gasteiger partial charge in [0.05, 0.1) is 24.2 Å². The molecular formula is C23H24BrN3O4. The van der Waals surface area contributed by atoms with Gasteiger partial charge in [-0.15, -0.1) is 0 Å². The number of benzene rings is 1. The molecule has 1 aliphatic heterocycles. The van der Waals surface area contributed by atoms with Crippen molar-refractivity contribution in [2.75, 3.05) is 25.0 Å². The number of likely N-dealkylation sites (tertiary alicyclic amines) is 1. The van der Waals surface area contributed by atoms with Crippen LogP contribution in [-0.4, -0.2) is 41.5 Å². The molecule has 1 N–H and O–H groups in total. The lowest BCUT2D eigenvalue weighted by atomic mass is 9.97. The van der Waals surface area contributed by atoms with Gasteiger partial charge in [0.1, 0.15) is 17.1 Å². The van der Waals surface area contributed by atoms with Crippen LogP contribution in [0.2, 0.25) is 0 Å². The Morgan fingerprint density at radius 1 is 1.26 bits per heavy atom.